The Kier molecular flexibility index (Phi) is 5.53. The molecule has 0 unspecified atom stereocenters. The van der Waals surface area contributed by atoms with E-state index in [4.69, 9.17) is 10.3 Å². The molecule has 130 valence electrons. The standard InChI is InChI=1S/C20H21N3O.ClH/c21-19-14-23(13-18(19)15-7-3-1-4-8-15)12-17-11-20(24-22-17)16-9-5-2-6-10-16;/h1-11,18-19H,12-14,21H2;1H/t18-,19+;/m0./s1. The van der Waals surface area contributed by atoms with Crippen LogP contribution in [-0.4, -0.2) is 29.2 Å². The van der Waals surface area contributed by atoms with E-state index in [2.05, 4.69) is 34.3 Å². The molecule has 2 heterocycles. The summed E-state index contributed by atoms with van der Waals surface area (Å²) in [6.45, 7) is 2.61. The third-order valence-electron chi connectivity index (χ3n) is 4.67. The molecule has 1 aliphatic heterocycles. The van der Waals surface area contributed by atoms with E-state index in [9.17, 15) is 0 Å². The lowest BCUT2D eigenvalue weighted by molar-refractivity contribution is 0.308. The second kappa shape index (κ2) is 7.83. The Morgan fingerprint density at radius 2 is 1.68 bits per heavy atom. The van der Waals surface area contributed by atoms with Gasteiger partial charge in [-0.05, 0) is 5.56 Å². The molecular formula is C20H22ClN3O. The lowest BCUT2D eigenvalue weighted by atomic mass is 9.95. The Bertz CT molecular complexity index is 791. The molecule has 0 spiro atoms. The number of hydrogen-bond donors (Lipinski definition) is 1. The monoisotopic (exact) mass is 355 g/mol. The lowest BCUT2D eigenvalue weighted by Crippen LogP contribution is -2.28. The van der Waals surface area contributed by atoms with Crippen molar-refractivity contribution in [3.8, 4) is 11.3 Å². The summed E-state index contributed by atoms with van der Waals surface area (Å²) >= 11 is 0. The molecule has 3 aromatic rings. The largest absolute Gasteiger partial charge is 0.356 e. The molecule has 1 saturated heterocycles. The maximum absolute atomic E-state index is 6.37. The number of hydrogen-bond acceptors (Lipinski definition) is 4. The fourth-order valence-corrected chi connectivity index (χ4v) is 3.45. The zero-order valence-corrected chi connectivity index (χ0v) is 14.7. The van der Waals surface area contributed by atoms with Crippen molar-refractivity contribution in [1.82, 2.24) is 10.1 Å². The molecule has 1 fully saturated rings. The predicted octanol–water partition coefficient (Wildman–Crippen LogP) is 3.69. The number of halogens is 1. The van der Waals surface area contributed by atoms with E-state index in [1.165, 1.54) is 5.56 Å². The molecule has 25 heavy (non-hydrogen) atoms. The van der Waals surface area contributed by atoms with Crippen LogP contribution in [0.25, 0.3) is 11.3 Å². The normalized spacial score (nSPS) is 20.4. The summed E-state index contributed by atoms with van der Waals surface area (Å²) in [5.41, 5.74) is 9.69. The zero-order chi connectivity index (χ0) is 16.4. The van der Waals surface area contributed by atoms with Gasteiger partial charge in [-0.15, -0.1) is 12.4 Å². The number of nitrogens with two attached hydrogens (primary N) is 1. The van der Waals surface area contributed by atoms with Crippen LogP contribution in [0.1, 0.15) is 17.2 Å². The first kappa shape index (κ1) is 17.7. The SMILES string of the molecule is Cl.N[C@@H]1CN(Cc2cc(-c3ccccc3)on2)C[C@H]1c1ccccc1. The van der Waals surface area contributed by atoms with E-state index in [-0.39, 0.29) is 18.4 Å². The highest BCUT2D eigenvalue weighted by Crippen LogP contribution is 2.28. The highest BCUT2D eigenvalue weighted by Gasteiger charge is 2.31. The number of aromatic nitrogens is 1. The molecule has 5 heteroatoms. The van der Waals surface area contributed by atoms with Crippen LogP contribution in [0.2, 0.25) is 0 Å². The molecule has 0 saturated carbocycles. The van der Waals surface area contributed by atoms with Gasteiger partial charge >= 0.3 is 0 Å². The van der Waals surface area contributed by atoms with E-state index < -0.39 is 0 Å². The van der Waals surface area contributed by atoms with Crippen molar-refractivity contribution in [2.75, 3.05) is 13.1 Å². The number of rotatable bonds is 4. The first-order valence-corrected chi connectivity index (χ1v) is 8.33. The van der Waals surface area contributed by atoms with E-state index in [1.807, 2.05) is 42.5 Å². The first-order valence-electron chi connectivity index (χ1n) is 8.33. The summed E-state index contributed by atoms with van der Waals surface area (Å²) in [5, 5.41) is 4.22. The molecule has 4 rings (SSSR count). The van der Waals surface area contributed by atoms with Gasteiger partial charge in [-0.2, -0.15) is 0 Å². The Morgan fingerprint density at radius 3 is 2.40 bits per heavy atom. The van der Waals surface area contributed by atoms with Gasteiger partial charge in [-0.1, -0.05) is 65.8 Å². The minimum atomic E-state index is 0. The van der Waals surface area contributed by atoms with Gasteiger partial charge in [-0.25, -0.2) is 0 Å². The Labute approximate surface area is 154 Å². The summed E-state index contributed by atoms with van der Waals surface area (Å²) in [6.07, 6.45) is 0. The van der Waals surface area contributed by atoms with Gasteiger partial charge in [0.2, 0.25) is 0 Å². The maximum atomic E-state index is 6.37. The molecule has 0 amide bonds. The summed E-state index contributed by atoms with van der Waals surface area (Å²) in [4.78, 5) is 2.36. The van der Waals surface area contributed by atoms with E-state index in [0.29, 0.717) is 5.92 Å². The predicted molar refractivity (Wildman–Crippen MR) is 102 cm³/mol. The van der Waals surface area contributed by atoms with Crippen molar-refractivity contribution < 1.29 is 4.52 Å². The highest BCUT2D eigenvalue weighted by molar-refractivity contribution is 5.85. The summed E-state index contributed by atoms with van der Waals surface area (Å²) < 4.78 is 5.49. The minimum absolute atomic E-state index is 0. The Balaban J connectivity index is 0.00000182. The summed E-state index contributed by atoms with van der Waals surface area (Å²) in [7, 11) is 0. The molecule has 0 bridgehead atoms. The first-order chi connectivity index (χ1) is 11.8. The zero-order valence-electron chi connectivity index (χ0n) is 13.9. The molecule has 2 N–H and O–H groups in total. The highest BCUT2D eigenvalue weighted by atomic mass is 35.5. The van der Waals surface area contributed by atoms with Crippen molar-refractivity contribution in [2.24, 2.45) is 5.73 Å². The molecule has 0 radical (unpaired) electrons. The van der Waals surface area contributed by atoms with Crippen molar-refractivity contribution in [3.63, 3.8) is 0 Å². The molecule has 1 aromatic heterocycles. The van der Waals surface area contributed by atoms with Crippen LogP contribution in [0, 0.1) is 0 Å². The van der Waals surface area contributed by atoms with Crippen molar-refractivity contribution in [3.05, 3.63) is 78.0 Å². The van der Waals surface area contributed by atoms with E-state index >= 15 is 0 Å². The Hall–Kier alpha value is -2.14. The number of benzene rings is 2. The number of likely N-dealkylation sites (tertiary alicyclic amines) is 1. The van der Waals surface area contributed by atoms with Gasteiger partial charge in [0.15, 0.2) is 5.76 Å². The summed E-state index contributed by atoms with van der Waals surface area (Å²) in [6, 6.07) is 22.8. The van der Waals surface area contributed by atoms with Gasteiger partial charge < -0.3 is 10.3 Å². The third kappa shape index (κ3) is 3.93. The molecule has 2 atom stereocenters. The van der Waals surface area contributed by atoms with Gasteiger partial charge in [0, 0.05) is 43.2 Å². The molecule has 0 aliphatic carbocycles. The molecular weight excluding hydrogens is 334 g/mol. The summed E-state index contributed by atoms with van der Waals surface area (Å²) in [5.74, 6) is 1.19. The maximum Gasteiger partial charge on any atom is 0.167 e. The average molecular weight is 356 g/mol. The molecule has 2 aromatic carbocycles. The smallest absolute Gasteiger partial charge is 0.167 e. The van der Waals surface area contributed by atoms with Crippen LogP contribution in [-0.2, 0) is 6.54 Å². The van der Waals surface area contributed by atoms with Crippen LogP contribution >= 0.6 is 12.4 Å². The van der Waals surface area contributed by atoms with Gasteiger partial charge in [0.1, 0.15) is 0 Å². The molecule has 1 aliphatic rings. The topological polar surface area (TPSA) is 55.3 Å². The minimum Gasteiger partial charge on any atom is -0.356 e. The second-order valence-electron chi connectivity index (χ2n) is 6.42. The van der Waals surface area contributed by atoms with Crippen LogP contribution in [0.15, 0.2) is 71.3 Å². The second-order valence-corrected chi connectivity index (χ2v) is 6.42. The number of nitrogens with zero attached hydrogens (tertiary/aromatic N) is 2. The van der Waals surface area contributed by atoms with Gasteiger partial charge in [0.05, 0.1) is 5.69 Å². The Morgan fingerprint density at radius 1 is 1.00 bits per heavy atom. The molecule has 4 nitrogen and oxygen atoms in total. The fourth-order valence-electron chi connectivity index (χ4n) is 3.45. The van der Waals surface area contributed by atoms with Crippen molar-refractivity contribution in [2.45, 2.75) is 18.5 Å². The van der Waals surface area contributed by atoms with Crippen molar-refractivity contribution >= 4 is 12.4 Å². The van der Waals surface area contributed by atoms with Crippen LogP contribution in [0.4, 0.5) is 0 Å². The fraction of sp³-hybridized carbons (Fsp3) is 0.250. The van der Waals surface area contributed by atoms with Crippen LogP contribution in [0.3, 0.4) is 0 Å². The quantitative estimate of drug-likeness (QED) is 0.775. The van der Waals surface area contributed by atoms with Crippen LogP contribution < -0.4 is 5.73 Å². The van der Waals surface area contributed by atoms with E-state index in [0.717, 1.165) is 36.7 Å². The van der Waals surface area contributed by atoms with Gasteiger partial charge in [-0.3, -0.25) is 4.90 Å². The van der Waals surface area contributed by atoms with Crippen molar-refractivity contribution in [1.29, 1.82) is 0 Å². The lowest BCUT2D eigenvalue weighted by Gasteiger charge is -2.14. The van der Waals surface area contributed by atoms with Crippen LogP contribution in [0.5, 0.6) is 0 Å². The third-order valence-corrected chi connectivity index (χ3v) is 4.67. The van der Waals surface area contributed by atoms with Gasteiger partial charge in [0.25, 0.3) is 0 Å². The average Bonchev–Trinajstić information content (AvgIpc) is 3.23. The van der Waals surface area contributed by atoms with E-state index in [1.54, 1.807) is 0 Å².